The Morgan fingerprint density at radius 3 is 1.98 bits per heavy atom. The van der Waals surface area contributed by atoms with Crippen LogP contribution in [0.3, 0.4) is 0 Å². The third kappa shape index (κ3) is 7.74. The molecule has 212 valence electrons. The fourth-order valence-corrected chi connectivity index (χ4v) is 6.26. The number of carbonyl (C=O) groups is 2. The first-order chi connectivity index (χ1) is 19.7. The summed E-state index contributed by atoms with van der Waals surface area (Å²) in [5.41, 5.74) is 3.14. The molecule has 0 aliphatic heterocycles. The van der Waals surface area contributed by atoms with E-state index < -0.39 is 28.5 Å². The second-order valence-electron chi connectivity index (χ2n) is 9.63. The van der Waals surface area contributed by atoms with Crippen molar-refractivity contribution < 1.29 is 18.0 Å². The number of rotatable bonds is 11. The second kappa shape index (κ2) is 13.8. The molecule has 0 unspecified atom stereocenters. The first kappa shape index (κ1) is 30.3. The van der Waals surface area contributed by atoms with Crippen LogP contribution in [0.4, 0.5) is 5.69 Å². The zero-order valence-electron chi connectivity index (χ0n) is 22.9. The Hall–Kier alpha value is -3.70. The number of carbonyl (C=O) groups excluding carboxylic acids is 2. The molecule has 1 atom stereocenters. The number of halogens is 1. The van der Waals surface area contributed by atoms with Crippen molar-refractivity contribution >= 4 is 50.1 Å². The van der Waals surface area contributed by atoms with Crippen LogP contribution in [-0.4, -0.2) is 44.8 Å². The van der Waals surface area contributed by atoms with Crippen LogP contribution < -0.4 is 9.62 Å². The molecule has 4 rings (SSSR count). The van der Waals surface area contributed by atoms with Gasteiger partial charge in [-0.3, -0.25) is 13.9 Å². The van der Waals surface area contributed by atoms with Gasteiger partial charge in [-0.15, -0.1) is 0 Å². The molecule has 2 amide bonds. The topological polar surface area (TPSA) is 86.8 Å². The number of hydrogen-bond acceptors (Lipinski definition) is 4. The Labute approximate surface area is 255 Å². The zero-order chi connectivity index (χ0) is 29.4. The fourth-order valence-electron chi connectivity index (χ4n) is 4.47. The Kier molecular flexibility index (Phi) is 10.2. The number of aryl methyl sites for hydroxylation is 1. The normalized spacial score (nSPS) is 11.9. The molecule has 41 heavy (non-hydrogen) atoms. The molecule has 0 saturated heterocycles. The number of likely N-dealkylation sites (N-methyl/N-ethyl adjacent to an activating group) is 1. The number of sulfonamides is 1. The monoisotopic (exact) mass is 681 g/mol. The van der Waals surface area contributed by atoms with Crippen molar-refractivity contribution in [3.8, 4) is 0 Å². The third-order valence-electron chi connectivity index (χ3n) is 6.72. The van der Waals surface area contributed by atoms with Crippen molar-refractivity contribution in [2.75, 3.05) is 17.9 Å². The number of benzene rings is 4. The first-order valence-corrected chi connectivity index (χ1v) is 15.6. The summed E-state index contributed by atoms with van der Waals surface area (Å²) in [5.74, 6) is -0.825. The predicted molar refractivity (Wildman–Crippen MR) is 170 cm³/mol. The van der Waals surface area contributed by atoms with Gasteiger partial charge in [0.25, 0.3) is 10.0 Å². The van der Waals surface area contributed by atoms with Crippen molar-refractivity contribution in [1.29, 1.82) is 0 Å². The average Bonchev–Trinajstić information content (AvgIpc) is 2.99. The molecule has 1 N–H and O–H groups in total. The lowest BCUT2D eigenvalue weighted by Crippen LogP contribution is -2.53. The molecule has 0 spiro atoms. The van der Waals surface area contributed by atoms with Gasteiger partial charge in [0.15, 0.2) is 0 Å². The molecule has 0 aromatic heterocycles. The van der Waals surface area contributed by atoms with E-state index in [4.69, 9.17) is 0 Å². The van der Waals surface area contributed by atoms with E-state index in [1.165, 1.54) is 24.1 Å². The van der Waals surface area contributed by atoms with E-state index in [9.17, 15) is 18.0 Å². The minimum absolute atomic E-state index is 0.0728. The molecule has 0 radical (unpaired) electrons. The highest BCUT2D eigenvalue weighted by molar-refractivity contribution is 14.1. The highest BCUT2D eigenvalue weighted by Gasteiger charge is 2.34. The molecule has 4 aromatic carbocycles. The molecule has 9 heteroatoms. The van der Waals surface area contributed by atoms with E-state index in [0.29, 0.717) is 5.69 Å². The number of nitrogens with one attached hydrogen (secondary N) is 1. The van der Waals surface area contributed by atoms with Crippen molar-refractivity contribution in [3.05, 3.63) is 129 Å². The van der Waals surface area contributed by atoms with Crippen LogP contribution in [0.25, 0.3) is 0 Å². The number of nitrogens with zero attached hydrogens (tertiary/aromatic N) is 2. The van der Waals surface area contributed by atoms with Crippen LogP contribution in [0.15, 0.2) is 114 Å². The molecular formula is C32H32IN3O4S. The van der Waals surface area contributed by atoms with Gasteiger partial charge in [0, 0.05) is 23.6 Å². The Bertz CT molecular complexity index is 1560. The minimum Gasteiger partial charge on any atom is -0.357 e. The van der Waals surface area contributed by atoms with E-state index in [1.54, 1.807) is 42.5 Å². The van der Waals surface area contributed by atoms with Crippen LogP contribution >= 0.6 is 22.6 Å². The molecule has 7 nitrogen and oxygen atoms in total. The summed E-state index contributed by atoms with van der Waals surface area (Å²) in [7, 11) is -2.57. The lowest BCUT2D eigenvalue weighted by atomic mass is 10.0. The molecule has 0 saturated carbocycles. The van der Waals surface area contributed by atoms with Crippen molar-refractivity contribution in [2.24, 2.45) is 0 Å². The standard InChI is InChI=1S/C32H32IN3O4S/c1-24-13-15-26(16-14-24)22-35(30(32(38)34-2)21-25-9-5-3-6-10-25)31(37)23-36(28-19-17-27(33)18-20-28)41(39,40)29-11-7-4-8-12-29/h3-20,30H,21-23H2,1-2H3,(H,34,38)/t30-/m0/s1. The number of amides is 2. The van der Waals surface area contributed by atoms with Crippen molar-refractivity contribution in [2.45, 2.75) is 30.8 Å². The van der Waals surface area contributed by atoms with Gasteiger partial charge >= 0.3 is 0 Å². The second-order valence-corrected chi connectivity index (χ2v) is 12.7. The average molecular weight is 682 g/mol. The van der Waals surface area contributed by atoms with Gasteiger partial charge in [-0.2, -0.15) is 0 Å². The van der Waals surface area contributed by atoms with Crippen LogP contribution in [0.2, 0.25) is 0 Å². The summed E-state index contributed by atoms with van der Waals surface area (Å²) in [6.45, 7) is 1.63. The van der Waals surface area contributed by atoms with Crippen LogP contribution in [0, 0.1) is 10.5 Å². The summed E-state index contributed by atoms with van der Waals surface area (Å²) in [6.07, 6.45) is 0.271. The third-order valence-corrected chi connectivity index (χ3v) is 9.22. The molecule has 0 fully saturated rings. The van der Waals surface area contributed by atoms with Crippen LogP contribution in [0.1, 0.15) is 16.7 Å². The molecule has 4 aromatic rings. The molecule has 0 aliphatic carbocycles. The number of anilines is 1. The Morgan fingerprint density at radius 1 is 0.805 bits per heavy atom. The minimum atomic E-state index is -4.10. The van der Waals surface area contributed by atoms with Gasteiger partial charge in [0.05, 0.1) is 10.6 Å². The van der Waals surface area contributed by atoms with Gasteiger partial charge < -0.3 is 10.2 Å². The largest absolute Gasteiger partial charge is 0.357 e. The van der Waals surface area contributed by atoms with Gasteiger partial charge in [0.1, 0.15) is 12.6 Å². The van der Waals surface area contributed by atoms with Crippen molar-refractivity contribution in [1.82, 2.24) is 10.2 Å². The van der Waals surface area contributed by atoms with E-state index in [-0.39, 0.29) is 23.8 Å². The molecule has 0 aliphatic rings. The first-order valence-electron chi connectivity index (χ1n) is 13.1. The maximum Gasteiger partial charge on any atom is 0.264 e. The quantitative estimate of drug-likeness (QED) is 0.221. The lowest BCUT2D eigenvalue weighted by Gasteiger charge is -2.33. The summed E-state index contributed by atoms with van der Waals surface area (Å²) in [6, 6.07) is 31.3. The summed E-state index contributed by atoms with van der Waals surface area (Å²) < 4.78 is 29.8. The SMILES string of the molecule is CNC(=O)[C@H](Cc1ccccc1)N(Cc1ccc(C)cc1)C(=O)CN(c1ccc(I)cc1)S(=O)(=O)c1ccccc1. The Balaban J connectivity index is 1.77. The maximum atomic E-state index is 14.2. The summed E-state index contributed by atoms with van der Waals surface area (Å²) in [4.78, 5) is 29.1. The van der Waals surface area contributed by atoms with E-state index in [1.807, 2.05) is 61.5 Å². The maximum absolute atomic E-state index is 14.2. The van der Waals surface area contributed by atoms with E-state index >= 15 is 0 Å². The van der Waals surface area contributed by atoms with E-state index in [2.05, 4.69) is 27.9 Å². The van der Waals surface area contributed by atoms with E-state index in [0.717, 1.165) is 24.6 Å². The molecule has 0 heterocycles. The Morgan fingerprint density at radius 2 is 1.39 bits per heavy atom. The fraction of sp³-hybridized carbons (Fsp3) is 0.188. The van der Waals surface area contributed by atoms with Gasteiger partial charge in [-0.25, -0.2) is 8.42 Å². The molecular weight excluding hydrogens is 649 g/mol. The van der Waals surface area contributed by atoms with Crippen molar-refractivity contribution in [3.63, 3.8) is 0 Å². The smallest absolute Gasteiger partial charge is 0.264 e. The highest BCUT2D eigenvalue weighted by Crippen LogP contribution is 2.26. The zero-order valence-corrected chi connectivity index (χ0v) is 25.9. The summed E-state index contributed by atoms with van der Waals surface area (Å²) in [5, 5.41) is 2.70. The molecule has 0 bridgehead atoms. The van der Waals surface area contributed by atoms with Crippen LogP contribution in [0.5, 0.6) is 0 Å². The van der Waals surface area contributed by atoms with Crippen LogP contribution in [-0.2, 0) is 32.6 Å². The number of hydrogen-bond donors (Lipinski definition) is 1. The van der Waals surface area contributed by atoms with Gasteiger partial charge in [-0.1, -0.05) is 78.4 Å². The summed E-state index contributed by atoms with van der Waals surface area (Å²) >= 11 is 2.15. The lowest BCUT2D eigenvalue weighted by molar-refractivity contribution is -0.139. The highest BCUT2D eigenvalue weighted by atomic mass is 127. The predicted octanol–water partition coefficient (Wildman–Crippen LogP) is 5.18. The van der Waals surface area contributed by atoms with Gasteiger partial charge in [0.2, 0.25) is 11.8 Å². The van der Waals surface area contributed by atoms with Gasteiger partial charge in [-0.05, 0) is 77.0 Å².